The van der Waals surface area contributed by atoms with Crippen molar-refractivity contribution in [3.63, 3.8) is 0 Å². The quantitative estimate of drug-likeness (QED) is 0.605. The zero-order valence-corrected chi connectivity index (χ0v) is 20.9. The summed E-state index contributed by atoms with van der Waals surface area (Å²) in [5, 5.41) is 3.02. The van der Waals surface area contributed by atoms with E-state index in [9.17, 15) is 13.2 Å². The first-order chi connectivity index (χ1) is 14.8. The van der Waals surface area contributed by atoms with Crippen LogP contribution < -0.4 is 19.1 Å². The van der Waals surface area contributed by atoms with E-state index in [1.165, 1.54) is 11.4 Å². The number of carbonyl (C=O) groups excluding carboxylic acids is 1. The number of hydrogen-bond donors (Lipinski definition) is 1. The molecule has 0 radical (unpaired) electrons. The van der Waals surface area contributed by atoms with Gasteiger partial charge in [0.25, 0.3) is 5.91 Å². The smallest absolute Gasteiger partial charge is 0.261 e. The molecule has 176 valence electrons. The zero-order valence-electron chi connectivity index (χ0n) is 20.1. The van der Waals surface area contributed by atoms with Crippen LogP contribution in [0.15, 0.2) is 36.4 Å². The number of amides is 1. The minimum absolute atomic E-state index is 0.206. The predicted molar refractivity (Wildman–Crippen MR) is 128 cm³/mol. The molecule has 8 heteroatoms. The number of nitrogens with zero attached hydrogens (tertiary/aromatic N) is 1. The molecule has 0 saturated heterocycles. The van der Waals surface area contributed by atoms with Crippen LogP contribution in [0.1, 0.15) is 56.3 Å². The summed E-state index contributed by atoms with van der Waals surface area (Å²) in [5.74, 6) is 1.38. The van der Waals surface area contributed by atoms with Gasteiger partial charge >= 0.3 is 0 Å². The maximum atomic E-state index is 12.7. The number of sulfonamides is 1. The van der Waals surface area contributed by atoms with Crippen molar-refractivity contribution in [1.29, 1.82) is 0 Å². The number of benzene rings is 2. The molecule has 0 fully saturated rings. The standard InChI is InChI=1S/C24H34N2O5S/c1-15(2)21-14-22(16(3)13-23(21)30-7)17(4)25-24(27)18(5)31-20-11-9-19(10-12-20)26(6)32(8,28)29/h9-15,17-18H,1-8H3,(H,25,27)/t17-,18+/m1/s1. The summed E-state index contributed by atoms with van der Waals surface area (Å²) in [5.41, 5.74) is 3.68. The molecule has 0 bridgehead atoms. The highest BCUT2D eigenvalue weighted by molar-refractivity contribution is 7.92. The zero-order chi connectivity index (χ0) is 24.2. The third-order valence-corrected chi connectivity index (χ3v) is 6.65. The van der Waals surface area contributed by atoms with Gasteiger partial charge in [0.1, 0.15) is 11.5 Å². The number of ether oxygens (including phenoxy) is 2. The number of hydrogen-bond acceptors (Lipinski definition) is 5. The van der Waals surface area contributed by atoms with Crippen LogP contribution >= 0.6 is 0 Å². The van der Waals surface area contributed by atoms with Crippen molar-refractivity contribution in [3.8, 4) is 11.5 Å². The highest BCUT2D eigenvalue weighted by Gasteiger charge is 2.21. The van der Waals surface area contributed by atoms with E-state index in [2.05, 4.69) is 25.2 Å². The summed E-state index contributed by atoms with van der Waals surface area (Å²) in [6.07, 6.45) is 0.415. The van der Waals surface area contributed by atoms with Gasteiger partial charge in [0.15, 0.2) is 6.10 Å². The molecule has 0 aliphatic rings. The minimum atomic E-state index is -3.34. The van der Waals surface area contributed by atoms with Gasteiger partial charge in [-0.2, -0.15) is 0 Å². The topological polar surface area (TPSA) is 84.9 Å². The lowest BCUT2D eigenvalue weighted by Gasteiger charge is -2.23. The maximum absolute atomic E-state index is 12.7. The molecule has 0 aromatic heterocycles. The fourth-order valence-electron chi connectivity index (χ4n) is 3.40. The third kappa shape index (κ3) is 6.16. The molecule has 1 amide bonds. The lowest BCUT2D eigenvalue weighted by Crippen LogP contribution is -2.38. The summed E-state index contributed by atoms with van der Waals surface area (Å²) in [4.78, 5) is 12.7. The van der Waals surface area contributed by atoms with Crippen LogP contribution in [0.25, 0.3) is 0 Å². The van der Waals surface area contributed by atoms with E-state index in [1.54, 1.807) is 38.3 Å². The lowest BCUT2D eigenvalue weighted by atomic mass is 9.93. The van der Waals surface area contributed by atoms with Gasteiger partial charge in [-0.15, -0.1) is 0 Å². The number of methoxy groups -OCH3 is 1. The molecule has 0 aliphatic carbocycles. The monoisotopic (exact) mass is 462 g/mol. The highest BCUT2D eigenvalue weighted by Crippen LogP contribution is 2.32. The van der Waals surface area contributed by atoms with Gasteiger partial charge in [0.05, 0.1) is 25.1 Å². The van der Waals surface area contributed by atoms with E-state index in [0.29, 0.717) is 17.4 Å². The SMILES string of the molecule is COc1cc(C)c([C@@H](C)NC(=O)[C@H](C)Oc2ccc(N(C)S(C)(=O)=O)cc2)cc1C(C)C. The Kier molecular flexibility index (Phi) is 8.18. The average molecular weight is 463 g/mol. The van der Waals surface area contributed by atoms with Crippen molar-refractivity contribution < 1.29 is 22.7 Å². The number of rotatable bonds is 9. The Balaban J connectivity index is 2.09. The van der Waals surface area contributed by atoms with Crippen molar-refractivity contribution in [1.82, 2.24) is 5.32 Å². The lowest BCUT2D eigenvalue weighted by molar-refractivity contribution is -0.127. The van der Waals surface area contributed by atoms with E-state index < -0.39 is 16.1 Å². The summed E-state index contributed by atoms with van der Waals surface area (Å²) in [6.45, 7) is 9.84. The molecule has 0 aliphatic heterocycles. The van der Waals surface area contributed by atoms with Crippen molar-refractivity contribution >= 4 is 21.6 Å². The second-order valence-corrected chi connectivity index (χ2v) is 10.3. The summed E-state index contributed by atoms with van der Waals surface area (Å²) in [7, 11) is -0.198. The first-order valence-electron chi connectivity index (χ1n) is 10.5. The minimum Gasteiger partial charge on any atom is -0.496 e. The Morgan fingerprint density at radius 2 is 1.62 bits per heavy atom. The summed E-state index contributed by atoms with van der Waals surface area (Å²) >= 11 is 0. The van der Waals surface area contributed by atoms with Crippen LogP contribution in [-0.2, 0) is 14.8 Å². The first-order valence-corrected chi connectivity index (χ1v) is 12.4. The van der Waals surface area contributed by atoms with Crippen LogP contribution in [0.2, 0.25) is 0 Å². The molecule has 2 rings (SSSR count). The summed E-state index contributed by atoms with van der Waals surface area (Å²) < 4.78 is 35.8. The van der Waals surface area contributed by atoms with Gasteiger partial charge in [-0.05, 0) is 79.8 Å². The Hall–Kier alpha value is -2.74. The van der Waals surface area contributed by atoms with Crippen LogP contribution in [0.4, 0.5) is 5.69 Å². The van der Waals surface area contributed by atoms with Crippen LogP contribution in [-0.4, -0.2) is 40.8 Å². The number of aryl methyl sites for hydroxylation is 1. The van der Waals surface area contributed by atoms with Gasteiger partial charge in [-0.1, -0.05) is 13.8 Å². The third-order valence-electron chi connectivity index (χ3n) is 5.45. The maximum Gasteiger partial charge on any atom is 0.261 e. The van der Waals surface area contributed by atoms with E-state index in [0.717, 1.165) is 28.7 Å². The Labute approximate surface area is 191 Å². The average Bonchev–Trinajstić information content (AvgIpc) is 2.72. The normalized spacial score (nSPS) is 13.4. The molecule has 7 nitrogen and oxygen atoms in total. The fraction of sp³-hybridized carbons (Fsp3) is 0.458. The largest absolute Gasteiger partial charge is 0.496 e. The Morgan fingerprint density at radius 3 is 2.12 bits per heavy atom. The number of anilines is 1. The molecular formula is C24H34N2O5S. The van der Waals surface area contributed by atoms with Crippen molar-refractivity contribution in [3.05, 3.63) is 53.1 Å². The molecule has 2 aromatic carbocycles. The molecule has 0 heterocycles. The Morgan fingerprint density at radius 1 is 1.03 bits per heavy atom. The van der Waals surface area contributed by atoms with Crippen molar-refractivity contribution in [2.75, 3.05) is 24.7 Å². The number of carbonyl (C=O) groups is 1. The van der Waals surface area contributed by atoms with Gasteiger partial charge in [0.2, 0.25) is 10.0 Å². The number of nitrogens with one attached hydrogen (secondary N) is 1. The van der Waals surface area contributed by atoms with Crippen molar-refractivity contribution in [2.24, 2.45) is 0 Å². The van der Waals surface area contributed by atoms with E-state index in [-0.39, 0.29) is 11.9 Å². The van der Waals surface area contributed by atoms with E-state index in [1.807, 2.05) is 19.9 Å². The molecule has 0 unspecified atom stereocenters. The molecule has 2 atom stereocenters. The molecular weight excluding hydrogens is 428 g/mol. The van der Waals surface area contributed by atoms with Gasteiger partial charge < -0.3 is 14.8 Å². The van der Waals surface area contributed by atoms with E-state index >= 15 is 0 Å². The van der Waals surface area contributed by atoms with Crippen LogP contribution in [0, 0.1) is 6.92 Å². The van der Waals surface area contributed by atoms with Gasteiger partial charge in [-0.25, -0.2) is 8.42 Å². The fourth-order valence-corrected chi connectivity index (χ4v) is 3.91. The molecule has 0 saturated carbocycles. The first kappa shape index (κ1) is 25.5. The van der Waals surface area contributed by atoms with Crippen LogP contribution in [0.5, 0.6) is 11.5 Å². The van der Waals surface area contributed by atoms with Crippen molar-refractivity contribution in [2.45, 2.75) is 52.7 Å². The summed E-state index contributed by atoms with van der Waals surface area (Å²) in [6, 6.07) is 10.5. The second kappa shape index (κ2) is 10.3. The highest BCUT2D eigenvalue weighted by atomic mass is 32.2. The molecule has 0 spiro atoms. The van der Waals surface area contributed by atoms with Gasteiger partial charge in [-0.3, -0.25) is 9.10 Å². The molecule has 2 aromatic rings. The predicted octanol–water partition coefficient (Wildman–Crippen LogP) is 4.17. The van der Waals surface area contributed by atoms with Crippen LogP contribution in [0.3, 0.4) is 0 Å². The molecule has 32 heavy (non-hydrogen) atoms. The molecule has 1 N–H and O–H groups in total. The Bertz CT molecular complexity index is 1050. The second-order valence-electron chi connectivity index (χ2n) is 8.32. The van der Waals surface area contributed by atoms with E-state index in [4.69, 9.17) is 9.47 Å². The van der Waals surface area contributed by atoms with Gasteiger partial charge in [0, 0.05) is 7.05 Å².